The van der Waals surface area contributed by atoms with E-state index in [-0.39, 0.29) is 0 Å². The second kappa shape index (κ2) is 5.39. The van der Waals surface area contributed by atoms with Crippen molar-refractivity contribution < 1.29 is 14.6 Å². The Bertz CT molecular complexity index is 432. The normalized spacial score (nSPS) is 11.8. The van der Waals surface area contributed by atoms with Crippen molar-refractivity contribution in [3.8, 4) is 5.75 Å². The molecule has 0 aliphatic heterocycles. The van der Waals surface area contributed by atoms with Crippen molar-refractivity contribution in [1.82, 2.24) is 4.90 Å². The molecule has 17 heavy (non-hydrogen) atoms. The topological polar surface area (TPSA) is 49.8 Å². The molecule has 1 N–H and O–H groups in total. The number of carbonyl (C=O) groups is 1. The number of methoxy groups -OCH3 is 1. The number of hydrogen-bond donors (Lipinski definition) is 1. The Morgan fingerprint density at radius 3 is 2.12 bits per heavy atom. The summed E-state index contributed by atoms with van der Waals surface area (Å²) >= 11 is 0. The quantitative estimate of drug-likeness (QED) is 0.812. The molecule has 1 aromatic rings. The van der Waals surface area contributed by atoms with Crippen LogP contribution >= 0.6 is 0 Å². The van der Waals surface area contributed by atoms with E-state index in [0.29, 0.717) is 22.6 Å². The summed E-state index contributed by atoms with van der Waals surface area (Å²) in [7, 11) is 5.22. The first-order chi connectivity index (χ1) is 7.97. The lowest BCUT2D eigenvalue weighted by Gasteiger charge is -2.16. The number of rotatable bonds is 4. The Labute approximate surface area is 101 Å². The van der Waals surface area contributed by atoms with Crippen molar-refractivity contribution in [3.05, 3.63) is 35.5 Å². The standard InChI is InChI=1S/C13H17NO3/c1-9(14(2)3)12(13(15)16)10-5-7-11(17-4)8-6-10/h5-8H,1-4H3,(H,15,16). The third kappa shape index (κ3) is 3.00. The van der Waals surface area contributed by atoms with Gasteiger partial charge in [-0.15, -0.1) is 0 Å². The van der Waals surface area contributed by atoms with Gasteiger partial charge in [0.25, 0.3) is 0 Å². The zero-order valence-electron chi connectivity index (χ0n) is 10.5. The number of benzene rings is 1. The van der Waals surface area contributed by atoms with Crippen LogP contribution in [-0.4, -0.2) is 37.2 Å². The number of allylic oxidation sites excluding steroid dienone is 1. The third-order valence-electron chi connectivity index (χ3n) is 2.63. The molecule has 4 nitrogen and oxygen atoms in total. The molecule has 0 aromatic heterocycles. The van der Waals surface area contributed by atoms with Crippen LogP contribution in [0, 0.1) is 0 Å². The number of hydrogen-bond acceptors (Lipinski definition) is 3. The van der Waals surface area contributed by atoms with Crippen molar-refractivity contribution in [2.45, 2.75) is 6.92 Å². The molecular weight excluding hydrogens is 218 g/mol. The van der Waals surface area contributed by atoms with Crippen molar-refractivity contribution in [1.29, 1.82) is 0 Å². The molecule has 0 aliphatic rings. The van der Waals surface area contributed by atoms with Gasteiger partial charge in [0.05, 0.1) is 12.7 Å². The molecule has 0 fully saturated rings. The van der Waals surface area contributed by atoms with Crippen molar-refractivity contribution in [2.75, 3.05) is 21.2 Å². The smallest absolute Gasteiger partial charge is 0.338 e. The third-order valence-corrected chi connectivity index (χ3v) is 2.63. The number of carboxylic acid groups (broad SMARTS) is 1. The lowest BCUT2D eigenvalue weighted by molar-refractivity contribution is -0.130. The average Bonchev–Trinajstić information content (AvgIpc) is 2.29. The summed E-state index contributed by atoms with van der Waals surface area (Å²) in [5.41, 5.74) is 1.69. The second-order valence-electron chi connectivity index (χ2n) is 3.89. The minimum Gasteiger partial charge on any atom is -0.497 e. The van der Waals surface area contributed by atoms with Gasteiger partial charge >= 0.3 is 5.97 Å². The average molecular weight is 235 g/mol. The summed E-state index contributed by atoms with van der Waals surface area (Å²) in [4.78, 5) is 13.1. The first-order valence-corrected chi connectivity index (χ1v) is 5.23. The van der Waals surface area contributed by atoms with E-state index in [2.05, 4.69) is 0 Å². The van der Waals surface area contributed by atoms with Gasteiger partial charge in [-0.2, -0.15) is 0 Å². The van der Waals surface area contributed by atoms with Crippen LogP contribution in [0.1, 0.15) is 12.5 Å². The minimum absolute atomic E-state index is 0.303. The van der Waals surface area contributed by atoms with Gasteiger partial charge in [0, 0.05) is 19.8 Å². The molecule has 4 heteroatoms. The van der Waals surface area contributed by atoms with Gasteiger partial charge in [-0.25, -0.2) is 4.79 Å². The van der Waals surface area contributed by atoms with Gasteiger partial charge in [-0.3, -0.25) is 0 Å². The molecule has 1 rings (SSSR count). The number of ether oxygens (including phenoxy) is 1. The van der Waals surface area contributed by atoms with E-state index >= 15 is 0 Å². The first-order valence-electron chi connectivity index (χ1n) is 5.23. The Morgan fingerprint density at radius 2 is 1.76 bits per heavy atom. The molecule has 0 bridgehead atoms. The molecule has 1 aromatic carbocycles. The van der Waals surface area contributed by atoms with Crippen LogP contribution in [0.25, 0.3) is 5.57 Å². The number of carboxylic acids is 1. The Balaban J connectivity index is 3.24. The monoisotopic (exact) mass is 235 g/mol. The van der Waals surface area contributed by atoms with Gasteiger partial charge < -0.3 is 14.7 Å². The van der Waals surface area contributed by atoms with Crippen LogP contribution in [0.3, 0.4) is 0 Å². The number of nitrogens with zero attached hydrogens (tertiary/aromatic N) is 1. The molecule has 0 amide bonds. The van der Waals surface area contributed by atoms with Gasteiger partial charge in [0.2, 0.25) is 0 Å². The highest BCUT2D eigenvalue weighted by atomic mass is 16.5. The molecule has 0 aliphatic carbocycles. The summed E-state index contributed by atoms with van der Waals surface area (Å²) < 4.78 is 5.04. The zero-order chi connectivity index (χ0) is 13.0. The second-order valence-corrected chi connectivity index (χ2v) is 3.89. The van der Waals surface area contributed by atoms with Crippen LogP contribution in [-0.2, 0) is 4.79 Å². The van der Waals surface area contributed by atoms with E-state index in [1.54, 1.807) is 43.2 Å². The van der Waals surface area contributed by atoms with E-state index < -0.39 is 5.97 Å². The largest absolute Gasteiger partial charge is 0.497 e. The molecule has 0 atom stereocenters. The van der Waals surface area contributed by atoms with E-state index in [1.807, 2.05) is 14.1 Å². The van der Waals surface area contributed by atoms with E-state index in [1.165, 1.54) is 0 Å². The summed E-state index contributed by atoms with van der Waals surface area (Å²) in [6.07, 6.45) is 0. The molecule has 0 spiro atoms. The van der Waals surface area contributed by atoms with E-state index in [4.69, 9.17) is 4.74 Å². The highest BCUT2D eigenvalue weighted by molar-refractivity contribution is 6.16. The summed E-state index contributed by atoms with van der Waals surface area (Å²) in [5, 5.41) is 9.26. The lowest BCUT2D eigenvalue weighted by atomic mass is 10.0. The predicted molar refractivity (Wildman–Crippen MR) is 66.9 cm³/mol. The SMILES string of the molecule is COc1ccc(C(C(=O)O)=C(C)N(C)C)cc1. The van der Waals surface area contributed by atoms with Gasteiger partial charge in [-0.05, 0) is 24.6 Å². The summed E-state index contributed by atoms with van der Waals surface area (Å²) in [6.45, 7) is 1.79. The Hall–Kier alpha value is -1.97. The molecule has 0 saturated heterocycles. The summed E-state index contributed by atoms with van der Waals surface area (Å²) in [5.74, 6) is -0.220. The molecule has 0 radical (unpaired) electrons. The molecule has 0 heterocycles. The highest BCUT2D eigenvalue weighted by Gasteiger charge is 2.15. The summed E-state index contributed by atoms with van der Waals surface area (Å²) in [6, 6.07) is 6.99. The highest BCUT2D eigenvalue weighted by Crippen LogP contribution is 2.22. The fraction of sp³-hybridized carbons (Fsp3) is 0.308. The van der Waals surface area contributed by atoms with Crippen LogP contribution in [0.2, 0.25) is 0 Å². The molecule has 0 saturated carbocycles. The Morgan fingerprint density at radius 1 is 1.24 bits per heavy atom. The van der Waals surface area contributed by atoms with E-state index in [0.717, 1.165) is 0 Å². The molecule has 92 valence electrons. The van der Waals surface area contributed by atoms with Crippen molar-refractivity contribution in [3.63, 3.8) is 0 Å². The fourth-order valence-electron chi connectivity index (χ4n) is 1.47. The predicted octanol–water partition coefficient (Wildman–Crippen LogP) is 2.07. The van der Waals surface area contributed by atoms with Gasteiger partial charge in [0.1, 0.15) is 5.75 Å². The van der Waals surface area contributed by atoms with Crippen LogP contribution in [0.5, 0.6) is 5.75 Å². The maximum atomic E-state index is 11.3. The van der Waals surface area contributed by atoms with Crippen molar-refractivity contribution >= 4 is 11.5 Å². The van der Waals surface area contributed by atoms with Crippen LogP contribution in [0.15, 0.2) is 30.0 Å². The maximum Gasteiger partial charge on any atom is 0.338 e. The van der Waals surface area contributed by atoms with Crippen LogP contribution in [0.4, 0.5) is 0 Å². The first kappa shape index (κ1) is 13.1. The minimum atomic E-state index is -0.929. The zero-order valence-corrected chi connectivity index (χ0v) is 10.5. The lowest BCUT2D eigenvalue weighted by Crippen LogP contribution is -2.14. The van der Waals surface area contributed by atoms with Crippen molar-refractivity contribution in [2.24, 2.45) is 0 Å². The maximum absolute atomic E-state index is 11.3. The fourth-order valence-corrected chi connectivity index (χ4v) is 1.47. The number of aliphatic carboxylic acids is 1. The Kier molecular flexibility index (Phi) is 4.15. The van der Waals surface area contributed by atoms with Crippen LogP contribution < -0.4 is 4.74 Å². The van der Waals surface area contributed by atoms with Gasteiger partial charge in [0.15, 0.2) is 0 Å². The van der Waals surface area contributed by atoms with Gasteiger partial charge in [-0.1, -0.05) is 12.1 Å². The molecular formula is C13H17NO3. The molecule has 0 unspecified atom stereocenters. The van der Waals surface area contributed by atoms with E-state index in [9.17, 15) is 9.90 Å².